The number of carbonyl (C=O) groups excluding carboxylic acids is 1. The van der Waals surface area contributed by atoms with Gasteiger partial charge in [-0.05, 0) is 68.5 Å². The van der Waals surface area contributed by atoms with Gasteiger partial charge in [0.2, 0.25) is 0 Å². The second-order valence-corrected chi connectivity index (χ2v) is 8.24. The minimum atomic E-state index is -1.03. The highest BCUT2D eigenvalue weighted by molar-refractivity contribution is 6.01. The Morgan fingerprint density at radius 2 is 1.79 bits per heavy atom. The van der Waals surface area contributed by atoms with Crippen molar-refractivity contribution in [3.05, 3.63) is 70.7 Å². The van der Waals surface area contributed by atoms with Crippen LogP contribution in [0, 0.1) is 19.7 Å². The van der Waals surface area contributed by atoms with Crippen LogP contribution in [0.1, 0.15) is 46.4 Å². The van der Waals surface area contributed by atoms with E-state index in [9.17, 15) is 14.3 Å². The summed E-state index contributed by atoms with van der Waals surface area (Å²) in [5.41, 5.74) is 3.60. The van der Waals surface area contributed by atoms with E-state index in [1.165, 1.54) is 17.7 Å². The molecule has 4 nitrogen and oxygen atoms in total. The smallest absolute Gasteiger partial charge is 0.270 e. The number of fused-ring (bicyclic) bond motifs is 1. The molecule has 5 heteroatoms. The van der Waals surface area contributed by atoms with Crippen molar-refractivity contribution in [1.29, 1.82) is 0 Å². The van der Waals surface area contributed by atoms with Crippen molar-refractivity contribution < 1.29 is 14.3 Å². The molecule has 0 aliphatic carbocycles. The third-order valence-electron chi connectivity index (χ3n) is 6.29. The molecular formula is C24H27FN2O2. The van der Waals surface area contributed by atoms with Gasteiger partial charge in [-0.3, -0.25) is 4.79 Å². The molecule has 0 unspecified atom stereocenters. The molecule has 1 fully saturated rings. The van der Waals surface area contributed by atoms with E-state index >= 15 is 0 Å². The second-order valence-electron chi connectivity index (χ2n) is 8.24. The molecule has 0 radical (unpaired) electrons. The average Bonchev–Trinajstić information content (AvgIpc) is 2.83. The molecule has 2 heterocycles. The molecule has 0 saturated carbocycles. The van der Waals surface area contributed by atoms with Gasteiger partial charge in [-0.2, -0.15) is 0 Å². The van der Waals surface area contributed by atoms with E-state index in [0.29, 0.717) is 43.6 Å². The molecule has 0 spiro atoms. The van der Waals surface area contributed by atoms with Crippen molar-refractivity contribution in [3.8, 4) is 0 Å². The number of amides is 1. The maximum absolute atomic E-state index is 13.4. The molecule has 1 aromatic heterocycles. The highest BCUT2D eigenvalue weighted by Gasteiger charge is 2.34. The summed E-state index contributed by atoms with van der Waals surface area (Å²) in [5.74, 6) is -0.313. The summed E-state index contributed by atoms with van der Waals surface area (Å²) in [6.45, 7) is 5.12. The Hall–Kier alpha value is -2.66. The Morgan fingerprint density at radius 1 is 1.07 bits per heavy atom. The third-order valence-corrected chi connectivity index (χ3v) is 6.29. The minimum absolute atomic E-state index is 0.00205. The van der Waals surface area contributed by atoms with Crippen LogP contribution in [-0.4, -0.2) is 33.6 Å². The van der Waals surface area contributed by atoms with Gasteiger partial charge < -0.3 is 14.6 Å². The number of carbonyl (C=O) groups is 1. The highest BCUT2D eigenvalue weighted by atomic mass is 19.1. The van der Waals surface area contributed by atoms with Crippen LogP contribution in [0.4, 0.5) is 4.39 Å². The lowest BCUT2D eigenvalue weighted by Gasteiger charge is -2.27. The van der Waals surface area contributed by atoms with Gasteiger partial charge in [-0.1, -0.05) is 23.8 Å². The Bertz CT molecular complexity index is 1070. The molecule has 1 atom stereocenters. The summed E-state index contributed by atoms with van der Waals surface area (Å²) in [5, 5.41) is 12.3. The summed E-state index contributed by atoms with van der Waals surface area (Å²) >= 11 is 0. The maximum Gasteiger partial charge on any atom is 0.270 e. The first kappa shape index (κ1) is 19.6. The zero-order chi connectivity index (χ0) is 20.8. The van der Waals surface area contributed by atoms with E-state index in [2.05, 4.69) is 25.1 Å². The Labute approximate surface area is 170 Å². The molecule has 4 rings (SSSR count). The summed E-state index contributed by atoms with van der Waals surface area (Å²) in [6.07, 6.45) is 1.68. The van der Waals surface area contributed by atoms with Gasteiger partial charge >= 0.3 is 0 Å². The first-order valence-corrected chi connectivity index (χ1v) is 10.1. The fourth-order valence-corrected chi connectivity index (χ4v) is 4.57. The summed E-state index contributed by atoms with van der Waals surface area (Å²) in [6, 6.07) is 12.3. The molecule has 1 N–H and O–H groups in total. The molecule has 29 heavy (non-hydrogen) atoms. The maximum atomic E-state index is 13.4. The fraction of sp³-hybridized carbons (Fsp3) is 0.375. The van der Waals surface area contributed by atoms with E-state index in [-0.39, 0.29) is 11.7 Å². The minimum Gasteiger partial charge on any atom is -0.385 e. The lowest BCUT2D eigenvalue weighted by atomic mass is 9.87. The van der Waals surface area contributed by atoms with E-state index in [1.807, 2.05) is 23.4 Å². The number of nitrogens with zero attached hydrogens (tertiary/aromatic N) is 2. The molecule has 0 bridgehead atoms. The number of hydrogen-bond donors (Lipinski definition) is 1. The van der Waals surface area contributed by atoms with Crippen LogP contribution in [0.25, 0.3) is 10.9 Å². The topological polar surface area (TPSA) is 45.5 Å². The number of likely N-dealkylation sites (tertiary alicyclic amines) is 1. The van der Waals surface area contributed by atoms with Gasteiger partial charge in [0.15, 0.2) is 0 Å². The number of rotatable bonds is 2. The lowest BCUT2D eigenvalue weighted by molar-refractivity contribution is 0.0211. The van der Waals surface area contributed by atoms with Crippen LogP contribution in [0.15, 0.2) is 42.5 Å². The normalized spacial score (nSPS) is 20.1. The molecule has 152 valence electrons. The number of aromatic nitrogens is 1. The zero-order valence-electron chi connectivity index (χ0n) is 17.2. The van der Waals surface area contributed by atoms with E-state index in [1.54, 1.807) is 12.1 Å². The van der Waals surface area contributed by atoms with Crippen LogP contribution >= 0.6 is 0 Å². The summed E-state index contributed by atoms with van der Waals surface area (Å²) in [7, 11) is 1.94. The van der Waals surface area contributed by atoms with Crippen molar-refractivity contribution >= 4 is 16.8 Å². The van der Waals surface area contributed by atoms with Crippen molar-refractivity contribution in [2.24, 2.45) is 7.05 Å². The SMILES string of the molecule is Cc1ccc2c(c1)c(C)c(C(=O)N1CCC[C@](O)(c3ccc(F)cc3)CC1)n2C. The molecule has 3 aromatic rings. The monoisotopic (exact) mass is 394 g/mol. The average molecular weight is 394 g/mol. The quantitative estimate of drug-likeness (QED) is 0.698. The van der Waals surface area contributed by atoms with Gasteiger partial charge in [0, 0.05) is 31.0 Å². The first-order chi connectivity index (χ1) is 13.8. The largest absolute Gasteiger partial charge is 0.385 e. The first-order valence-electron chi connectivity index (χ1n) is 10.1. The second kappa shape index (κ2) is 7.30. The van der Waals surface area contributed by atoms with Gasteiger partial charge in [0.1, 0.15) is 11.5 Å². The summed E-state index contributed by atoms with van der Waals surface area (Å²) < 4.78 is 15.2. The van der Waals surface area contributed by atoms with Crippen LogP contribution < -0.4 is 0 Å². The van der Waals surface area contributed by atoms with Crippen molar-refractivity contribution in [2.75, 3.05) is 13.1 Å². The van der Waals surface area contributed by atoms with E-state index in [4.69, 9.17) is 0 Å². The summed E-state index contributed by atoms with van der Waals surface area (Å²) in [4.78, 5) is 15.3. The highest BCUT2D eigenvalue weighted by Crippen LogP contribution is 2.34. The molecule has 1 amide bonds. The molecule has 1 saturated heterocycles. The van der Waals surface area contributed by atoms with Crippen molar-refractivity contribution in [3.63, 3.8) is 0 Å². The third kappa shape index (κ3) is 3.44. The van der Waals surface area contributed by atoms with Gasteiger partial charge in [-0.15, -0.1) is 0 Å². The molecular weight excluding hydrogens is 367 g/mol. The van der Waals surface area contributed by atoms with Crippen LogP contribution in [-0.2, 0) is 12.6 Å². The van der Waals surface area contributed by atoms with E-state index < -0.39 is 5.60 Å². The number of halogens is 1. The van der Waals surface area contributed by atoms with Crippen molar-refractivity contribution in [2.45, 2.75) is 38.7 Å². The van der Waals surface area contributed by atoms with Gasteiger partial charge in [0.25, 0.3) is 5.91 Å². The predicted octanol–water partition coefficient (Wildman–Crippen LogP) is 4.45. The van der Waals surface area contributed by atoms with Gasteiger partial charge in [0.05, 0.1) is 5.60 Å². The molecule has 1 aliphatic heterocycles. The Kier molecular flexibility index (Phi) is 4.95. The van der Waals surface area contributed by atoms with Crippen LogP contribution in [0.3, 0.4) is 0 Å². The number of benzene rings is 2. The van der Waals surface area contributed by atoms with Gasteiger partial charge in [-0.25, -0.2) is 4.39 Å². The Balaban J connectivity index is 1.61. The van der Waals surface area contributed by atoms with Crippen molar-refractivity contribution in [1.82, 2.24) is 9.47 Å². The Morgan fingerprint density at radius 3 is 2.52 bits per heavy atom. The predicted molar refractivity (Wildman–Crippen MR) is 112 cm³/mol. The van der Waals surface area contributed by atoms with Crippen LogP contribution in [0.5, 0.6) is 0 Å². The fourth-order valence-electron chi connectivity index (χ4n) is 4.57. The molecule has 2 aromatic carbocycles. The van der Waals surface area contributed by atoms with Crippen LogP contribution in [0.2, 0.25) is 0 Å². The lowest BCUT2D eigenvalue weighted by Crippen LogP contribution is -2.35. The van der Waals surface area contributed by atoms with E-state index in [0.717, 1.165) is 16.5 Å². The standard InChI is InChI=1S/C24H27FN2O2/c1-16-5-10-21-20(15-16)17(2)22(26(21)3)23(28)27-13-4-11-24(29,12-14-27)18-6-8-19(25)9-7-18/h5-10,15,29H,4,11-14H2,1-3H3/t24-/m1/s1. The number of aliphatic hydroxyl groups is 1. The zero-order valence-corrected chi connectivity index (χ0v) is 17.2. The number of aryl methyl sites for hydroxylation is 3. The molecule has 1 aliphatic rings. The number of hydrogen-bond acceptors (Lipinski definition) is 2.